The molecule has 120 valence electrons. The molecule has 0 aromatic heterocycles. The fourth-order valence-corrected chi connectivity index (χ4v) is 2.16. The van der Waals surface area contributed by atoms with Crippen LogP contribution in [0.25, 0.3) is 6.08 Å². The van der Waals surface area contributed by atoms with Gasteiger partial charge in [0, 0.05) is 5.56 Å². The van der Waals surface area contributed by atoms with Gasteiger partial charge in [-0.15, -0.1) is 0 Å². The summed E-state index contributed by atoms with van der Waals surface area (Å²) in [5, 5.41) is 0. The molecule has 0 atom stereocenters. The SMILES string of the molecule is CCOc1ccc(/C=C\C(=O)c2ccc(C)cc2)cc1OCC. The van der Waals surface area contributed by atoms with Crippen molar-refractivity contribution in [3.05, 3.63) is 65.2 Å². The number of carbonyl (C=O) groups excluding carboxylic acids is 1. The molecule has 0 amide bonds. The van der Waals surface area contributed by atoms with E-state index in [0.29, 0.717) is 24.5 Å². The molecule has 3 nitrogen and oxygen atoms in total. The van der Waals surface area contributed by atoms with Crippen molar-refractivity contribution in [3.8, 4) is 11.5 Å². The highest BCUT2D eigenvalue weighted by Gasteiger charge is 2.05. The van der Waals surface area contributed by atoms with Crippen LogP contribution in [0.4, 0.5) is 0 Å². The van der Waals surface area contributed by atoms with Crippen molar-refractivity contribution >= 4 is 11.9 Å². The first-order chi connectivity index (χ1) is 11.1. The van der Waals surface area contributed by atoms with Gasteiger partial charge in [0.05, 0.1) is 13.2 Å². The molecule has 2 aromatic rings. The van der Waals surface area contributed by atoms with Gasteiger partial charge in [0.1, 0.15) is 0 Å². The van der Waals surface area contributed by atoms with Crippen LogP contribution in [0.3, 0.4) is 0 Å². The average molecular weight is 310 g/mol. The summed E-state index contributed by atoms with van der Waals surface area (Å²) >= 11 is 0. The molecule has 3 heteroatoms. The first kappa shape index (κ1) is 16.8. The number of benzene rings is 2. The molecule has 0 aliphatic carbocycles. The number of hydrogen-bond donors (Lipinski definition) is 0. The van der Waals surface area contributed by atoms with E-state index in [2.05, 4.69) is 0 Å². The predicted octanol–water partition coefficient (Wildman–Crippen LogP) is 4.69. The number of aryl methyl sites for hydroxylation is 1. The molecule has 2 rings (SSSR count). The van der Waals surface area contributed by atoms with Gasteiger partial charge < -0.3 is 9.47 Å². The molecule has 0 bridgehead atoms. The first-order valence-corrected chi connectivity index (χ1v) is 7.82. The van der Waals surface area contributed by atoms with Gasteiger partial charge in [0.15, 0.2) is 17.3 Å². The zero-order valence-electron chi connectivity index (χ0n) is 13.8. The number of carbonyl (C=O) groups is 1. The van der Waals surface area contributed by atoms with Gasteiger partial charge >= 0.3 is 0 Å². The van der Waals surface area contributed by atoms with E-state index in [1.54, 1.807) is 12.2 Å². The highest BCUT2D eigenvalue weighted by Crippen LogP contribution is 2.29. The molecule has 0 radical (unpaired) electrons. The van der Waals surface area contributed by atoms with Gasteiger partial charge in [-0.3, -0.25) is 4.79 Å². The molecule has 2 aromatic carbocycles. The van der Waals surface area contributed by atoms with Crippen LogP contribution in [0, 0.1) is 6.92 Å². The summed E-state index contributed by atoms with van der Waals surface area (Å²) in [4.78, 5) is 12.2. The Morgan fingerprint density at radius 1 is 0.957 bits per heavy atom. The van der Waals surface area contributed by atoms with Gasteiger partial charge in [-0.05, 0) is 44.5 Å². The molecule has 0 unspecified atom stereocenters. The Morgan fingerprint density at radius 3 is 2.26 bits per heavy atom. The third-order valence-electron chi connectivity index (χ3n) is 3.33. The summed E-state index contributed by atoms with van der Waals surface area (Å²) < 4.78 is 11.1. The average Bonchev–Trinajstić information content (AvgIpc) is 2.56. The maximum atomic E-state index is 12.2. The quantitative estimate of drug-likeness (QED) is 0.550. The minimum atomic E-state index is -0.0168. The van der Waals surface area contributed by atoms with Crippen molar-refractivity contribution in [1.82, 2.24) is 0 Å². The lowest BCUT2D eigenvalue weighted by atomic mass is 10.1. The topological polar surface area (TPSA) is 35.5 Å². The fraction of sp³-hybridized carbons (Fsp3) is 0.250. The highest BCUT2D eigenvalue weighted by atomic mass is 16.5. The standard InChI is InChI=1S/C20H22O3/c1-4-22-19-13-9-16(14-20(19)23-5-2)8-12-18(21)17-10-6-15(3)7-11-17/h6-14H,4-5H2,1-3H3/b12-8-. The largest absolute Gasteiger partial charge is 0.490 e. The van der Waals surface area contributed by atoms with Crippen molar-refractivity contribution in [2.75, 3.05) is 13.2 Å². The van der Waals surface area contributed by atoms with Crippen LogP contribution in [-0.2, 0) is 0 Å². The smallest absolute Gasteiger partial charge is 0.185 e. The van der Waals surface area contributed by atoms with E-state index < -0.39 is 0 Å². The number of hydrogen-bond acceptors (Lipinski definition) is 3. The number of ketones is 1. The van der Waals surface area contributed by atoms with Crippen LogP contribution >= 0.6 is 0 Å². The summed E-state index contributed by atoms with van der Waals surface area (Å²) in [7, 11) is 0. The molecular formula is C20H22O3. The van der Waals surface area contributed by atoms with Crippen LogP contribution in [0.5, 0.6) is 11.5 Å². The number of rotatable bonds is 7. The second-order valence-corrected chi connectivity index (χ2v) is 5.14. The monoisotopic (exact) mass is 310 g/mol. The lowest BCUT2D eigenvalue weighted by Gasteiger charge is -2.11. The maximum absolute atomic E-state index is 12.2. The van der Waals surface area contributed by atoms with Crippen LogP contribution in [-0.4, -0.2) is 19.0 Å². The minimum Gasteiger partial charge on any atom is -0.490 e. The molecule has 0 aliphatic heterocycles. The Labute approximate surface area is 137 Å². The molecule has 0 saturated carbocycles. The van der Waals surface area contributed by atoms with E-state index in [1.165, 1.54) is 0 Å². The highest BCUT2D eigenvalue weighted by molar-refractivity contribution is 6.06. The summed E-state index contributed by atoms with van der Waals surface area (Å²) in [6, 6.07) is 13.2. The van der Waals surface area contributed by atoms with E-state index in [-0.39, 0.29) is 5.78 Å². The second-order valence-electron chi connectivity index (χ2n) is 5.14. The summed E-state index contributed by atoms with van der Waals surface area (Å²) in [5.74, 6) is 1.40. The number of allylic oxidation sites excluding steroid dienone is 1. The normalized spacial score (nSPS) is 10.7. The molecular weight excluding hydrogens is 288 g/mol. The predicted molar refractivity (Wildman–Crippen MR) is 93.3 cm³/mol. The van der Waals surface area contributed by atoms with Gasteiger partial charge in [-0.1, -0.05) is 42.0 Å². The van der Waals surface area contributed by atoms with Crippen LogP contribution < -0.4 is 9.47 Å². The fourth-order valence-electron chi connectivity index (χ4n) is 2.16. The number of ether oxygens (including phenoxy) is 2. The van der Waals surface area contributed by atoms with Crippen molar-refractivity contribution < 1.29 is 14.3 Å². The Hall–Kier alpha value is -2.55. The molecule has 0 spiro atoms. The van der Waals surface area contributed by atoms with Gasteiger partial charge in [0.25, 0.3) is 0 Å². The van der Waals surface area contributed by atoms with Crippen molar-refractivity contribution in [2.45, 2.75) is 20.8 Å². The van der Waals surface area contributed by atoms with E-state index in [1.807, 2.05) is 63.2 Å². The molecule has 23 heavy (non-hydrogen) atoms. The lowest BCUT2D eigenvalue weighted by Crippen LogP contribution is -1.98. The van der Waals surface area contributed by atoms with Crippen molar-refractivity contribution in [3.63, 3.8) is 0 Å². The minimum absolute atomic E-state index is 0.0168. The first-order valence-electron chi connectivity index (χ1n) is 7.82. The van der Waals surface area contributed by atoms with Crippen molar-refractivity contribution in [2.24, 2.45) is 0 Å². The Kier molecular flexibility index (Phi) is 5.98. The van der Waals surface area contributed by atoms with Crippen LogP contribution in [0.2, 0.25) is 0 Å². The Bertz CT molecular complexity index is 685. The van der Waals surface area contributed by atoms with Gasteiger partial charge in [-0.25, -0.2) is 0 Å². The summed E-state index contributed by atoms with van der Waals surface area (Å²) in [6.45, 7) is 7.01. The van der Waals surface area contributed by atoms with E-state index in [4.69, 9.17) is 9.47 Å². The van der Waals surface area contributed by atoms with Crippen LogP contribution in [0.15, 0.2) is 48.5 Å². The molecule has 0 fully saturated rings. The second kappa shape index (κ2) is 8.18. The zero-order valence-corrected chi connectivity index (χ0v) is 13.8. The molecule has 0 aliphatic rings. The molecule has 0 heterocycles. The van der Waals surface area contributed by atoms with E-state index in [9.17, 15) is 4.79 Å². The third kappa shape index (κ3) is 4.71. The van der Waals surface area contributed by atoms with E-state index >= 15 is 0 Å². The molecule has 0 saturated heterocycles. The van der Waals surface area contributed by atoms with Gasteiger partial charge in [0.2, 0.25) is 0 Å². The van der Waals surface area contributed by atoms with E-state index in [0.717, 1.165) is 16.9 Å². The Balaban J connectivity index is 2.16. The van der Waals surface area contributed by atoms with Crippen molar-refractivity contribution in [1.29, 1.82) is 0 Å². The Morgan fingerprint density at radius 2 is 1.61 bits per heavy atom. The zero-order chi connectivity index (χ0) is 16.7. The maximum Gasteiger partial charge on any atom is 0.185 e. The van der Waals surface area contributed by atoms with Gasteiger partial charge in [-0.2, -0.15) is 0 Å². The summed E-state index contributed by atoms with van der Waals surface area (Å²) in [5.41, 5.74) is 2.72. The third-order valence-corrected chi connectivity index (χ3v) is 3.33. The molecule has 0 N–H and O–H groups in total. The lowest BCUT2D eigenvalue weighted by molar-refractivity contribution is 0.104. The summed E-state index contributed by atoms with van der Waals surface area (Å²) in [6.07, 6.45) is 3.37. The van der Waals surface area contributed by atoms with Crippen LogP contribution in [0.1, 0.15) is 35.3 Å².